The molecular weight excluding hydrogens is 326 g/mol. The molecule has 2 heteroatoms. The van der Waals surface area contributed by atoms with Crippen LogP contribution in [0.1, 0.15) is 79.1 Å². The Morgan fingerprint density at radius 3 is 1.88 bits per heavy atom. The summed E-state index contributed by atoms with van der Waals surface area (Å²) in [5.74, 6) is 0.911. The second kappa shape index (κ2) is 11.3. The van der Waals surface area contributed by atoms with Crippen LogP contribution in [0.25, 0.3) is 0 Å². The number of unbranched alkanes of at least 4 members (excludes halogenated alkanes) is 3. The Labute approximate surface area is 123 Å². The van der Waals surface area contributed by atoms with Crippen LogP contribution in [-0.2, 0) is 0 Å². The minimum absolute atomic E-state index is 0. The van der Waals surface area contributed by atoms with Crippen LogP contribution in [0.5, 0.6) is 0 Å². The van der Waals surface area contributed by atoms with Gasteiger partial charge in [0.15, 0.2) is 0 Å². The van der Waals surface area contributed by atoms with E-state index in [0.29, 0.717) is 5.16 Å². The van der Waals surface area contributed by atoms with Gasteiger partial charge in [-0.05, 0) is 30.3 Å². The van der Waals surface area contributed by atoms with Crippen molar-refractivity contribution >= 4 is 33.2 Å². The Bertz CT molecular complexity index is 144. The van der Waals surface area contributed by atoms with E-state index in [1.807, 2.05) is 0 Å². The largest absolute Gasteiger partial charge is 0.131 e. The van der Waals surface area contributed by atoms with Crippen molar-refractivity contribution in [2.75, 3.05) is 0 Å². The summed E-state index contributed by atoms with van der Waals surface area (Å²) < 4.78 is 0. The molecule has 0 aliphatic carbocycles. The van der Waals surface area contributed by atoms with Gasteiger partial charge in [-0.1, -0.05) is 59.8 Å². The van der Waals surface area contributed by atoms with E-state index in [-0.39, 0.29) is 24.0 Å². The predicted molar refractivity (Wildman–Crippen MR) is 91.0 cm³/mol. The van der Waals surface area contributed by atoms with E-state index in [1.165, 1.54) is 51.4 Å². The summed E-state index contributed by atoms with van der Waals surface area (Å²) in [5, 5.41) is 0.515. The van der Waals surface area contributed by atoms with Crippen molar-refractivity contribution in [3.8, 4) is 0 Å². The van der Waals surface area contributed by atoms with Crippen LogP contribution in [0.3, 0.4) is 0 Å². The molecule has 0 aromatic rings. The summed E-state index contributed by atoms with van der Waals surface area (Å²) in [6.45, 7) is 9.32. The van der Waals surface area contributed by atoms with E-state index in [4.69, 9.17) is 0 Å². The Balaban J connectivity index is 0. The van der Waals surface area contributed by atoms with Gasteiger partial charge in [0.2, 0.25) is 0 Å². The van der Waals surface area contributed by atoms with Crippen LogP contribution in [-0.4, -0.2) is 5.16 Å². The smallest absolute Gasteiger partial charge is 0.0127 e. The zero-order chi connectivity index (χ0) is 11.7. The van der Waals surface area contributed by atoms with Crippen molar-refractivity contribution in [2.45, 2.75) is 84.2 Å². The van der Waals surface area contributed by atoms with Crippen molar-refractivity contribution < 1.29 is 0 Å². The standard InChI is InChI=1S/C14H31P.HI/c1-5-9-10-11-12-13(6-2)14(15,7-3)8-4;/h13H,5-12,15H2,1-4H3;1H. The first-order chi connectivity index (χ1) is 7.14. The lowest BCUT2D eigenvalue weighted by Gasteiger charge is -2.36. The highest BCUT2D eigenvalue weighted by Gasteiger charge is 2.28. The quantitative estimate of drug-likeness (QED) is 0.268. The summed E-state index contributed by atoms with van der Waals surface area (Å²) >= 11 is 0. The van der Waals surface area contributed by atoms with Crippen molar-refractivity contribution in [3.63, 3.8) is 0 Å². The molecular formula is C14H32IP. The maximum Gasteiger partial charge on any atom is -0.0127 e. The molecule has 0 N–H and O–H groups in total. The van der Waals surface area contributed by atoms with Crippen LogP contribution >= 0.6 is 33.2 Å². The molecule has 0 aromatic carbocycles. The third-order valence-corrected chi connectivity index (χ3v) is 5.32. The van der Waals surface area contributed by atoms with Crippen LogP contribution in [0.4, 0.5) is 0 Å². The molecule has 0 radical (unpaired) electrons. The van der Waals surface area contributed by atoms with Gasteiger partial charge < -0.3 is 0 Å². The minimum Gasteiger partial charge on any atom is -0.131 e. The van der Waals surface area contributed by atoms with Gasteiger partial charge in [0.05, 0.1) is 0 Å². The molecule has 0 nitrogen and oxygen atoms in total. The minimum atomic E-state index is 0. The molecule has 0 saturated carbocycles. The normalized spacial score (nSPS) is 13.3. The zero-order valence-electron chi connectivity index (χ0n) is 11.7. The molecule has 0 aromatic heterocycles. The van der Waals surface area contributed by atoms with Gasteiger partial charge in [0, 0.05) is 0 Å². The molecule has 0 bridgehead atoms. The highest BCUT2D eigenvalue weighted by atomic mass is 127. The fourth-order valence-corrected chi connectivity index (χ4v) is 2.95. The summed E-state index contributed by atoms with van der Waals surface area (Å²) in [6, 6.07) is 0. The highest BCUT2D eigenvalue weighted by Crippen LogP contribution is 2.39. The van der Waals surface area contributed by atoms with Crippen molar-refractivity contribution in [2.24, 2.45) is 5.92 Å². The van der Waals surface area contributed by atoms with E-state index in [9.17, 15) is 0 Å². The summed E-state index contributed by atoms with van der Waals surface area (Å²) in [5.41, 5.74) is 0. The summed E-state index contributed by atoms with van der Waals surface area (Å²) in [7, 11) is 3.15. The average Bonchev–Trinajstić information content (AvgIpc) is 2.28. The van der Waals surface area contributed by atoms with Gasteiger partial charge >= 0.3 is 0 Å². The first kappa shape index (κ1) is 19.5. The Kier molecular flexibility index (Phi) is 13.7. The topological polar surface area (TPSA) is 0 Å². The van der Waals surface area contributed by atoms with Gasteiger partial charge in [0.1, 0.15) is 0 Å². The Morgan fingerprint density at radius 2 is 1.50 bits per heavy atom. The number of hydrogen-bond donors (Lipinski definition) is 0. The molecule has 0 spiro atoms. The van der Waals surface area contributed by atoms with Crippen LogP contribution in [0.15, 0.2) is 0 Å². The van der Waals surface area contributed by atoms with E-state index >= 15 is 0 Å². The Hall–Kier alpha value is 1.16. The fourth-order valence-electron chi connectivity index (χ4n) is 2.54. The molecule has 16 heavy (non-hydrogen) atoms. The molecule has 0 amide bonds. The van der Waals surface area contributed by atoms with E-state index < -0.39 is 0 Å². The van der Waals surface area contributed by atoms with Gasteiger partial charge in [-0.25, -0.2) is 0 Å². The zero-order valence-corrected chi connectivity index (χ0v) is 15.2. The third-order valence-electron chi connectivity index (χ3n) is 4.03. The average molecular weight is 358 g/mol. The molecule has 0 aliphatic heterocycles. The highest BCUT2D eigenvalue weighted by molar-refractivity contribution is 14.0. The lowest BCUT2D eigenvalue weighted by molar-refractivity contribution is 0.314. The summed E-state index contributed by atoms with van der Waals surface area (Å²) in [4.78, 5) is 0. The van der Waals surface area contributed by atoms with E-state index in [2.05, 4.69) is 36.9 Å². The SMILES string of the molecule is CCCCCCC(CC)C(P)(CC)CC.I. The predicted octanol–water partition coefficient (Wildman–Crippen LogP) is 6.03. The molecule has 0 aliphatic rings. The third kappa shape index (κ3) is 6.79. The maximum atomic E-state index is 3.15. The van der Waals surface area contributed by atoms with Gasteiger partial charge in [0.25, 0.3) is 0 Å². The molecule has 0 heterocycles. The number of halogens is 1. The van der Waals surface area contributed by atoms with Crippen LogP contribution < -0.4 is 0 Å². The second-order valence-corrected chi connectivity index (χ2v) is 6.04. The number of rotatable bonds is 9. The molecule has 0 fully saturated rings. The second-order valence-electron chi connectivity index (χ2n) is 4.89. The van der Waals surface area contributed by atoms with Gasteiger partial charge in [-0.15, -0.1) is 33.2 Å². The molecule has 0 saturated heterocycles. The Morgan fingerprint density at radius 1 is 0.938 bits per heavy atom. The molecule has 2 unspecified atom stereocenters. The lowest BCUT2D eigenvalue weighted by Crippen LogP contribution is -2.29. The summed E-state index contributed by atoms with van der Waals surface area (Å²) in [6.07, 6.45) is 11.0. The van der Waals surface area contributed by atoms with Gasteiger partial charge in [-0.2, -0.15) is 0 Å². The van der Waals surface area contributed by atoms with Crippen molar-refractivity contribution in [1.29, 1.82) is 0 Å². The van der Waals surface area contributed by atoms with Crippen LogP contribution in [0.2, 0.25) is 0 Å². The van der Waals surface area contributed by atoms with E-state index in [1.54, 1.807) is 0 Å². The molecule has 100 valence electrons. The van der Waals surface area contributed by atoms with Gasteiger partial charge in [-0.3, -0.25) is 0 Å². The molecule has 0 rings (SSSR count). The molecule has 2 atom stereocenters. The van der Waals surface area contributed by atoms with Crippen molar-refractivity contribution in [1.82, 2.24) is 0 Å². The monoisotopic (exact) mass is 358 g/mol. The van der Waals surface area contributed by atoms with Crippen LogP contribution in [0, 0.1) is 5.92 Å². The fraction of sp³-hybridized carbons (Fsp3) is 1.00. The number of hydrogen-bond acceptors (Lipinski definition) is 0. The first-order valence-corrected chi connectivity index (χ1v) is 7.51. The first-order valence-electron chi connectivity index (χ1n) is 6.93. The van der Waals surface area contributed by atoms with Crippen molar-refractivity contribution in [3.05, 3.63) is 0 Å². The maximum absolute atomic E-state index is 3.15. The lowest BCUT2D eigenvalue weighted by atomic mass is 9.81. The van der Waals surface area contributed by atoms with E-state index in [0.717, 1.165) is 5.92 Å².